The fraction of sp³-hybridized carbons (Fsp3) is 0.222. The van der Waals surface area contributed by atoms with Crippen LogP contribution in [-0.4, -0.2) is 7.11 Å². The third-order valence-electron chi connectivity index (χ3n) is 1.65. The molecule has 0 radical (unpaired) electrons. The Bertz CT molecular complexity index is 341. The van der Waals surface area contributed by atoms with Gasteiger partial charge in [0, 0.05) is 0 Å². The van der Waals surface area contributed by atoms with Gasteiger partial charge >= 0.3 is 0 Å². The van der Waals surface area contributed by atoms with Crippen LogP contribution in [0.4, 0.5) is 0 Å². The maximum absolute atomic E-state index is 8.81. The number of hydrogen-bond donors (Lipinski definition) is 0. The minimum atomic E-state index is 0.704. The molecule has 0 bridgehead atoms. The van der Waals surface area contributed by atoms with Crippen LogP contribution in [0.3, 0.4) is 0 Å². The number of rotatable bonds is 1. The maximum Gasteiger partial charge on any atom is 0.133 e. The van der Waals surface area contributed by atoms with Crippen molar-refractivity contribution in [1.29, 1.82) is 5.26 Å². The number of benzene rings is 1. The summed E-state index contributed by atoms with van der Waals surface area (Å²) < 4.78 is 5.97. The number of aryl methyl sites for hydroxylation is 1. The van der Waals surface area contributed by atoms with Crippen LogP contribution < -0.4 is 4.74 Å². The Balaban J connectivity index is 3.36. The maximum atomic E-state index is 8.81. The molecule has 0 aromatic heterocycles. The van der Waals surface area contributed by atoms with E-state index in [0.29, 0.717) is 5.56 Å². The molecule has 0 saturated heterocycles. The second kappa shape index (κ2) is 3.76. The van der Waals surface area contributed by atoms with Gasteiger partial charge in [0.2, 0.25) is 0 Å². The Hall–Kier alpha value is -0.760. The monoisotopic (exact) mass is 273 g/mol. The van der Waals surface area contributed by atoms with E-state index in [9.17, 15) is 0 Å². The summed E-state index contributed by atoms with van der Waals surface area (Å²) >= 11 is 2.12. The van der Waals surface area contributed by atoms with Crippen molar-refractivity contribution in [2.75, 3.05) is 7.11 Å². The van der Waals surface area contributed by atoms with Gasteiger partial charge in [0.25, 0.3) is 0 Å². The Morgan fingerprint density at radius 2 is 2.17 bits per heavy atom. The van der Waals surface area contributed by atoms with Crippen LogP contribution in [0.25, 0.3) is 0 Å². The first-order valence-corrected chi connectivity index (χ1v) is 4.51. The summed E-state index contributed by atoms with van der Waals surface area (Å²) in [5.74, 6) is 0.762. The fourth-order valence-electron chi connectivity index (χ4n) is 0.948. The van der Waals surface area contributed by atoms with E-state index < -0.39 is 0 Å². The summed E-state index contributed by atoms with van der Waals surface area (Å²) in [6.07, 6.45) is 0. The second-order valence-corrected chi connectivity index (χ2v) is 3.46. The highest BCUT2D eigenvalue weighted by Crippen LogP contribution is 2.25. The summed E-state index contributed by atoms with van der Waals surface area (Å²) in [5.41, 5.74) is 1.69. The molecule has 2 nitrogen and oxygen atoms in total. The van der Waals surface area contributed by atoms with E-state index in [2.05, 4.69) is 28.7 Å². The topological polar surface area (TPSA) is 33.0 Å². The van der Waals surface area contributed by atoms with Crippen LogP contribution in [0.2, 0.25) is 0 Å². The molecule has 0 amide bonds. The molecule has 0 N–H and O–H groups in total. The lowest BCUT2D eigenvalue weighted by atomic mass is 10.1. The minimum absolute atomic E-state index is 0.704. The van der Waals surface area contributed by atoms with Gasteiger partial charge in [0.15, 0.2) is 0 Å². The Morgan fingerprint density at radius 3 is 2.67 bits per heavy atom. The van der Waals surface area contributed by atoms with Gasteiger partial charge in [-0.1, -0.05) is 6.07 Å². The summed E-state index contributed by atoms with van der Waals surface area (Å²) in [6, 6.07) is 5.91. The predicted molar refractivity (Wildman–Crippen MR) is 55.2 cm³/mol. The van der Waals surface area contributed by atoms with Gasteiger partial charge in [0.1, 0.15) is 11.8 Å². The number of halogens is 1. The van der Waals surface area contributed by atoms with Crippen molar-refractivity contribution in [3.8, 4) is 11.8 Å². The molecular formula is C9H8INO. The first-order valence-electron chi connectivity index (χ1n) is 3.44. The molecule has 0 saturated carbocycles. The zero-order chi connectivity index (χ0) is 9.14. The summed E-state index contributed by atoms with van der Waals surface area (Å²) in [6.45, 7) is 1.92. The van der Waals surface area contributed by atoms with Gasteiger partial charge in [-0.2, -0.15) is 5.26 Å². The van der Waals surface area contributed by atoms with Crippen molar-refractivity contribution >= 4 is 22.6 Å². The van der Waals surface area contributed by atoms with E-state index in [1.807, 2.05) is 19.1 Å². The summed E-state index contributed by atoms with van der Waals surface area (Å²) in [5, 5.41) is 8.81. The third kappa shape index (κ3) is 1.53. The first-order chi connectivity index (χ1) is 5.70. The van der Waals surface area contributed by atoms with E-state index in [1.165, 1.54) is 0 Å². The standard InChI is InChI=1S/C9H8INO/c1-6-3-4-8(12-2)9(10)7(6)5-11/h3-4H,1-2H3. The molecule has 0 aliphatic rings. The lowest BCUT2D eigenvalue weighted by Crippen LogP contribution is -1.92. The number of hydrogen-bond acceptors (Lipinski definition) is 2. The molecule has 1 rings (SSSR count). The van der Waals surface area contributed by atoms with Gasteiger partial charge in [0.05, 0.1) is 16.2 Å². The zero-order valence-corrected chi connectivity index (χ0v) is 9.05. The van der Waals surface area contributed by atoms with Crippen LogP contribution in [0.1, 0.15) is 11.1 Å². The lowest BCUT2D eigenvalue weighted by Gasteiger charge is -2.05. The molecule has 0 unspecified atom stereocenters. The highest BCUT2D eigenvalue weighted by molar-refractivity contribution is 14.1. The van der Waals surface area contributed by atoms with Gasteiger partial charge in [-0.05, 0) is 41.1 Å². The van der Waals surface area contributed by atoms with Gasteiger partial charge in [-0.3, -0.25) is 0 Å². The molecule has 62 valence electrons. The molecule has 0 heterocycles. The van der Waals surface area contributed by atoms with Crippen LogP contribution >= 0.6 is 22.6 Å². The van der Waals surface area contributed by atoms with Crippen molar-refractivity contribution < 1.29 is 4.74 Å². The first kappa shape index (κ1) is 9.33. The fourth-order valence-corrected chi connectivity index (χ4v) is 1.89. The smallest absolute Gasteiger partial charge is 0.133 e. The quantitative estimate of drug-likeness (QED) is 0.736. The second-order valence-electron chi connectivity index (χ2n) is 2.39. The molecule has 1 aromatic carbocycles. The van der Waals surface area contributed by atoms with Crippen molar-refractivity contribution in [1.82, 2.24) is 0 Å². The van der Waals surface area contributed by atoms with Crippen LogP contribution in [-0.2, 0) is 0 Å². The Labute approximate surface area is 85.3 Å². The number of nitrogens with zero attached hydrogens (tertiary/aromatic N) is 1. The SMILES string of the molecule is COc1ccc(C)c(C#N)c1I. The van der Waals surface area contributed by atoms with Gasteiger partial charge in [-0.15, -0.1) is 0 Å². The molecule has 0 atom stereocenters. The molecule has 12 heavy (non-hydrogen) atoms. The van der Waals surface area contributed by atoms with E-state index in [0.717, 1.165) is 14.9 Å². The molecular weight excluding hydrogens is 265 g/mol. The normalized spacial score (nSPS) is 9.17. The number of methoxy groups -OCH3 is 1. The van der Waals surface area contributed by atoms with E-state index in [4.69, 9.17) is 10.00 Å². The Kier molecular flexibility index (Phi) is 2.93. The lowest BCUT2D eigenvalue weighted by molar-refractivity contribution is 0.411. The van der Waals surface area contributed by atoms with Crippen molar-refractivity contribution in [3.05, 3.63) is 26.8 Å². The molecule has 0 spiro atoms. The summed E-state index contributed by atoms with van der Waals surface area (Å²) in [4.78, 5) is 0. The highest BCUT2D eigenvalue weighted by atomic mass is 127. The van der Waals surface area contributed by atoms with Gasteiger partial charge < -0.3 is 4.74 Å². The largest absolute Gasteiger partial charge is 0.496 e. The van der Waals surface area contributed by atoms with Crippen molar-refractivity contribution in [2.24, 2.45) is 0 Å². The Morgan fingerprint density at radius 1 is 1.50 bits per heavy atom. The molecule has 3 heteroatoms. The van der Waals surface area contributed by atoms with Crippen LogP contribution in [0.15, 0.2) is 12.1 Å². The van der Waals surface area contributed by atoms with Crippen molar-refractivity contribution in [2.45, 2.75) is 6.92 Å². The van der Waals surface area contributed by atoms with Gasteiger partial charge in [-0.25, -0.2) is 0 Å². The number of ether oxygens (including phenoxy) is 1. The van der Waals surface area contributed by atoms with E-state index in [1.54, 1.807) is 7.11 Å². The minimum Gasteiger partial charge on any atom is -0.496 e. The van der Waals surface area contributed by atoms with Crippen molar-refractivity contribution in [3.63, 3.8) is 0 Å². The number of nitriles is 1. The molecule has 0 aliphatic carbocycles. The van der Waals surface area contributed by atoms with E-state index >= 15 is 0 Å². The average molecular weight is 273 g/mol. The zero-order valence-electron chi connectivity index (χ0n) is 6.89. The third-order valence-corrected chi connectivity index (χ3v) is 2.72. The molecule has 0 fully saturated rings. The van der Waals surface area contributed by atoms with Crippen LogP contribution in [0, 0.1) is 21.8 Å². The highest BCUT2D eigenvalue weighted by Gasteiger charge is 2.07. The molecule has 0 aliphatic heterocycles. The van der Waals surface area contributed by atoms with Crippen LogP contribution in [0.5, 0.6) is 5.75 Å². The molecule has 1 aromatic rings. The van der Waals surface area contributed by atoms with E-state index in [-0.39, 0.29) is 0 Å². The average Bonchev–Trinajstić information content (AvgIpc) is 2.06. The predicted octanol–water partition coefficient (Wildman–Crippen LogP) is 2.48. The summed E-state index contributed by atoms with van der Waals surface area (Å²) in [7, 11) is 1.61.